The van der Waals surface area contributed by atoms with E-state index in [1.54, 1.807) is 22.7 Å². The summed E-state index contributed by atoms with van der Waals surface area (Å²) in [5.41, 5.74) is 0. The first-order valence-corrected chi connectivity index (χ1v) is 6.20. The third kappa shape index (κ3) is 1.97. The second kappa shape index (κ2) is 4.58. The molecular formula is C12H11S2. The van der Waals surface area contributed by atoms with Crippen molar-refractivity contribution >= 4 is 22.7 Å². The van der Waals surface area contributed by atoms with Crippen molar-refractivity contribution < 1.29 is 0 Å². The molecule has 0 aliphatic heterocycles. The highest BCUT2D eigenvalue weighted by molar-refractivity contribution is 7.11. The molecule has 0 atom stereocenters. The van der Waals surface area contributed by atoms with Crippen LogP contribution in [0.3, 0.4) is 0 Å². The van der Waals surface area contributed by atoms with Crippen LogP contribution < -0.4 is 0 Å². The van der Waals surface area contributed by atoms with Gasteiger partial charge in [0, 0.05) is 15.7 Å². The predicted octanol–water partition coefficient (Wildman–Crippen LogP) is 4.33. The van der Waals surface area contributed by atoms with Gasteiger partial charge in [-0.1, -0.05) is 24.3 Å². The molecule has 0 spiro atoms. The third-order valence-corrected chi connectivity index (χ3v) is 3.94. The van der Waals surface area contributed by atoms with Crippen LogP contribution >= 0.6 is 22.7 Å². The van der Waals surface area contributed by atoms with Crippen molar-refractivity contribution in [2.45, 2.75) is 5.92 Å². The van der Waals surface area contributed by atoms with Crippen LogP contribution in [0.4, 0.5) is 0 Å². The van der Waals surface area contributed by atoms with Crippen molar-refractivity contribution in [1.82, 2.24) is 0 Å². The first-order valence-electron chi connectivity index (χ1n) is 4.44. The molecule has 0 nitrogen and oxygen atoms in total. The van der Waals surface area contributed by atoms with Gasteiger partial charge >= 0.3 is 0 Å². The normalized spacial score (nSPS) is 11.6. The molecule has 0 saturated heterocycles. The van der Waals surface area contributed by atoms with Gasteiger partial charge in [-0.2, -0.15) is 0 Å². The molecule has 0 N–H and O–H groups in total. The highest BCUT2D eigenvalue weighted by Crippen LogP contribution is 2.32. The summed E-state index contributed by atoms with van der Waals surface area (Å²) >= 11 is 3.59. The second-order valence-corrected chi connectivity index (χ2v) is 4.90. The van der Waals surface area contributed by atoms with Gasteiger partial charge in [0.1, 0.15) is 0 Å². The summed E-state index contributed by atoms with van der Waals surface area (Å²) in [4.78, 5) is 2.76. The Kier molecular flexibility index (Phi) is 3.17. The number of allylic oxidation sites excluding steroid dienone is 2. The van der Waals surface area contributed by atoms with Gasteiger partial charge < -0.3 is 0 Å². The smallest absolute Gasteiger partial charge is 0.0457 e. The standard InChI is InChI=1S/C12H11S2/c1-2-5-10(11-6-3-8-13-11)12-7-4-9-14-12/h2-10H,1H2. The lowest BCUT2D eigenvalue weighted by atomic mass is 10.1. The van der Waals surface area contributed by atoms with E-state index in [2.05, 4.69) is 48.0 Å². The zero-order valence-electron chi connectivity index (χ0n) is 7.72. The van der Waals surface area contributed by atoms with Gasteiger partial charge in [0.25, 0.3) is 0 Å². The van der Waals surface area contributed by atoms with Gasteiger partial charge in [-0.25, -0.2) is 0 Å². The van der Waals surface area contributed by atoms with Crippen LogP contribution in [0, 0.1) is 6.92 Å². The highest BCUT2D eigenvalue weighted by atomic mass is 32.1. The maximum atomic E-state index is 3.77. The molecule has 0 aromatic carbocycles. The summed E-state index contributed by atoms with van der Waals surface area (Å²) in [5.74, 6) is 0.396. The molecule has 0 aliphatic rings. The molecule has 1 radical (unpaired) electrons. The largest absolute Gasteiger partial charge is 0.148 e. The topological polar surface area (TPSA) is 0 Å². The Hall–Kier alpha value is -0.860. The fourth-order valence-corrected chi connectivity index (χ4v) is 3.12. The van der Waals surface area contributed by atoms with E-state index in [9.17, 15) is 0 Å². The predicted molar refractivity (Wildman–Crippen MR) is 65.0 cm³/mol. The average Bonchev–Trinajstić information content (AvgIpc) is 2.87. The van der Waals surface area contributed by atoms with Gasteiger partial charge in [-0.05, 0) is 29.8 Å². The van der Waals surface area contributed by atoms with Crippen LogP contribution in [0.15, 0.2) is 47.2 Å². The Morgan fingerprint density at radius 3 is 2.00 bits per heavy atom. The van der Waals surface area contributed by atoms with Gasteiger partial charge in [-0.15, -0.1) is 22.7 Å². The van der Waals surface area contributed by atoms with E-state index in [1.807, 2.05) is 6.08 Å². The van der Waals surface area contributed by atoms with Crippen molar-refractivity contribution in [2.24, 2.45) is 0 Å². The molecule has 2 heteroatoms. The average molecular weight is 219 g/mol. The van der Waals surface area contributed by atoms with Crippen LogP contribution in [0.5, 0.6) is 0 Å². The Balaban J connectivity index is 2.34. The molecular weight excluding hydrogens is 208 g/mol. The van der Waals surface area contributed by atoms with Gasteiger partial charge in [-0.3, -0.25) is 0 Å². The first kappa shape index (κ1) is 9.69. The van der Waals surface area contributed by atoms with E-state index in [-0.39, 0.29) is 0 Å². The lowest BCUT2D eigenvalue weighted by molar-refractivity contribution is 1.10. The first-order chi connectivity index (χ1) is 6.92. The number of thiophene rings is 2. The number of rotatable bonds is 3. The minimum atomic E-state index is 0.396. The van der Waals surface area contributed by atoms with Crippen molar-refractivity contribution in [3.05, 3.63) is 63.9 Å². The summed E-state index contributed by atoms with van der Waals surface area (Å²) in [6, 6.07) is 8.54. The van der Waals surface area contributed by atoms with Crippen LogP contribution in [0.2, 0.25) is 0 Å². The quantitative estimate of drug-likeness (QED) is 0.720. The monoisotopic (exact) mass is 219 g/mol. The molecule has 14 heavy (non-hydrogen) atoms. The van der Waals surface area contributed by atoms with Gasteiger partial charge in [0.05, 0.1) is 0 Å². The van der Waals surface area contributed by atoms with Gasteiger partial charge in [0.15, 0.2) is 0 Å². The Bertz CT molecular complexity index is 348. The molecule has 0 unspecified atom stereocenters. The molecule has 2 aromatic heterocycles. The summed E-state index contributed by atoms with van der Waals surface area (Å²) in [5, 5.41) is 4.24. The van der Waals surface area contributed by atoms with E-state index < -0.39 is 0 Å². The fourth-order valence-electron chi connectivity index (χ4n) is 1.40. The Morgan fingerprint density at radius 2 is 1.64 bits per heavy atom. The summed E-state index contributed by atoms with van der Waals surface area (Å²) in [6.07, 6.45) is 4.03. The molecule has 2 heterocycles. The molecule has 71 valence electrons. The molecule has 2 rings (SSSR count). The second-order valence-electron chi connectivity index (χ2n) is 2.94. The van der Waals surface area contributed by atoms with Crippen molar-refractivity contribution in [2.75, 3.05) is 0 Å². The van der Waals surface area contributed by atoms with Crippen LogP contribution in [0.25, 0.3) is 0 Å². The fraction of sp³-hybridized carbons (Fsp3) is 0.0833. The maximum Gasteiger partial charge on any atom is 0.0457 e. The molecule has 0 aliphatic carbocycles. The van der Waals surface area contributed by atoms with Crippen molar-refractivity contribution in [3.8, 4) is 0 Å². The summed E-state index contributed by atoms with van der Waals surface area (Å²) < 4.78 is 0. The van der Waals surface area contributed by atoms with E-state index in [0.717, 1.165) is 0 Å². The molecule has 0 saturated carbocycles. The zero-order chi connectivity index (χ0) is 9.80. The van der Waals surface area contributed by atoms with Crippen LogP contribution in [-0.2, 0) is 0 Å². The highest BCUT2D eigenvalue weighted by Gasteiger charge is 2.11. The number of hydrogen-bond donors (Lipinski definition) is 0. The molecule has 0 fully saturated rings. The summed E-state index contributed by atoms with van der Waals surface area (Å²) in [7, 11) is 0. The molecule has 0 bridgehead atoms. The molecule has 2 aromatic rings. The third-order valence-electron chi connectivity index (χ3n) is 2.03. The summed E-state index contributed by atoms with van der Waals surface area (Å²) in [6.45, 7) is 3.77. The van der Waals surface area contributed by atoms with Crippen molar-refractivity contribution in [1.29, 1.82) is 0 Å². The lowest BCUT2D eigenvalue weighted by Crippen LogP contribution is -1.90. The van der Waals surface area contributed by atoms with E-state index >= 15 is 0 Å². The van der Waals surface area contributed by atoms with E-state index in [4.69, 9.17) is 0 Å². The number of hydrogen-bond acceptors (Lipinski definition) is 2. The SMILES string of the molecule is [CH2]C=CC(c1cccs1)c1cccs1. The minimum Gasteiger partial charge on any atom is -0.148 e. The molecule has 0 amide bonds. The van der Waals surface area contributed by atoms with Crippen molar-refractivity contribution in [3.63, 3.8) is 0 Å². The van der Waals surface area contributed by atoms with E-state index in [0.29, 0.717) is 5.92 Å². The van der Waals surface area contributed by atoms with Crippen LogP contribution in [-0.4, -0.2) is 0 Å². The zero-order valence-corrected chi connectivity index (χ0v) is 9.35. The van der Waals surface area contributed by atoms with Crippen LogP contribution in [0.1, 0.15) is 15.7 Å². The lowest BCUT2D eigenvalue weighted by Gasteiger charge is -2.07. The minimum absolute atomic E-state index is 0.396. The Morgan fingerprint density at radius 1 is 1.07 bits per heavy atom. The van der Waals surface area contributed by atoms with E-state index in [1.165, 1.54) is 9.75 Å². The Labute approximate surface area is 92.5 Å². The van der Waals surface area contributed by atoms with Gasteiger partial charge in [0.2, 0.25) is 0 Å². The maximum absolute atomic E-state index is 3.77.